The third-order valence-corrected chi connectivity index (χ3v) is 5.11. The third kappa shape index (κ3) is 8.88. The topological polar surface area (TPSA) is 60.0 Å². The quantitative estimate of drug-likeness (QED) is 0.243. The van der Waals surface area contributed by atoms with E-state index in [2.05, 4.69) is 34.4 Å². The average Bonchev–Trinajstić information content (AvgIpc) is 3.14. The van der Waals surface area contributed by atoms with Crippen molar-refractivity contribution in [2.24, 2.45) is 10.9 Å². The van der Waals surface area contributed by atoms with Gasteiger partial charge >= 0.3 is 0 Å². The van der Waals surface area contributed by atoms with Gasteiger partial charge in [0.1, 0.15) is 6.54 Å². The van der Waals surface area contributed by atoms with E-state index in [4.69, 9.17) is 0 Å². The van der Waals surface area contributed by atoms with Gasteiger partial charge in [0.2, 0.25) is 5.91 Å². The monoisotopic (exact) mass is 479 g/mol. The molecular formula is C19H38IN5O. The number of nitrogens with zero attached hydrogens (tertiary/aromatic N) is 3. The molecule has 0 aliphatic carbocycles. The first-order chi connectivity index (χ1) is 12.2. The van der Waals surface area contributed by atoms with Crippen LogP contribution in [0.25, 0.3) is 0 Å². The molecule has 2 saturated heterocycles. The van der Waals surface area contributed by atoms with Gasteiger partial charge in [0.05, 0.1) is 0 Å². The van der Waals surface area contributed by atoms with Crippen LogP contribution in [0.4, 0.5) is 0 Å². The minimum absolute atomic E-state index is 0. The van der Waals surface area contributed by atoms with Crippen molar-refractivity contribution in [1.29, 1.82) is 0 Å². The fourth-order valence-electron chi connectivity index (χ4n) is 3.71. The highest BCUT2D eigenvalue weighted by Crippen LogP contribution is 2.15. The summed E-state index contributed by atoms with van der Waals surface area (Å²) < 4.78 is 0. The minimum atomic E-state index is 0. The Morgan fingerprint density at radius 3 is 2.58 bits per heavy atom. The molecule has 0 aromatic rings. The number of amides is 1. The van der Waals surface area contributed by atoms with Crippen molar-refractivity contribution in [3.05, 3.63) is 0 Å². The largest absolute Gasteiger partial charge is 0.357 e. The number of carbonyl (C=O) groups excluding carboxylic acids is 1. The summed E-state index contributed by atoms with van der Waals surface area (Å²) in [5.41, 5.74) is 0. The number of halogens is 1. The number of rotatable bonds is 8. The zero-order valence-electron chi connectivity index (χ0n) is 16.6. The summed E-state index contributed by atoms with van der Waals surface area (Å²) in [6.45, 7) is 11.9. The number of hydrogen-bond donors (Lipinski definition) is 2. The van der Waals surface area contributed by atoms with E-state index in [0.717, 1.165) is 57.3 Å². The Kier molecular flexibility index (Phi) is 12.3. The first kappa shape index (κ1) is 23.5. The van der Waals surface area contributed by atoms with Gasteiger partial charge in [-0.25, -0.2) is 4.99 Å². The molecule has 26 heavy (non-hydrogen) atoms. The highest BCUT2D eigenvalue weighted by Gasteiger charge is 2.17. The average molecular weight is 479 g/mol. The van der Waals surface area contributed by atoms with Gasteiger partial charge in [-0.2, -0.15) is 0 Å². The number of hydrogen-bond acceptors (Lipinski definition) is 3. The molecule has 2 fully saturated rings. The summed E-state index contributed by atoms with van der Waals surface area (Å²) >= 11 is 0. The van der Waals surface area contributed by atoms with Crippen LogP contribution in [0.5, 0.6) is 0 Å². The van der Waals surface area contributed by atoms with Crippen LogP contribution in [0.3, 0.4) is 0 Å². The van der Waals surface area contributed by atoms with Gasteiger partial charge in [-0.15, -0.1) is 24.0 Å². The molecule has 1 unspecified atom stereocenters. The van der Waals surface area contributed by atoms with Gasteiger partial charge < -0.3 is 20.4 Å². The summed E-state index contributed by atoms with van der Waals surface area (Å²) in [5.74, 6) is 1.77. The van der Waals surface area contributed by atoms with Crippen molar-refractivity contribution < 1.29 is 4.79 Å². The van der Waals surface area contributed by atoms with E-state index >= 15 is 0 Å². The Hall–Kier alpha value is -0.570. The van der Waals surface area contributed by atoms with E-state index in [1.54, 1.807) is 0 Å². The van der Waals surface area contributed by atoms with Crippen LogP contribution in [-0.2, 0) is 4.79 Å². The molecule has 2 rings (SSSR count). The molecule has 2 aliphatic heterocycles. The predicted octanol–water partition coefficient (Wildman–Crippen LogP) is 2.29. The molecule has 0 saturated carbocycles. The molecule has 6 nitrogen and oxygen atoms in total. The molecule has 0 aromatic heterocycles. The maximum Gasteiger partial charge on any atom is 0.244 e. The van der Waals surface area contributed by atoms with Gasteiger partial charge in [-0.05, 0) is 64.5 Å². The lowest BCUT2D eigenvalue weighted by Gasteiger charge is -2.30. The molecule has 7 heteroatoms. The van der Waals surface area contributed by atoms with Gasteiger partial charge in [-0.3, -0.25) is 4.79 Å². The van der Waals surface area contributed by atoms with Gasteiger partial charge in [0.25, 0.3) is 0 Å². The summed E-state index contributed by atoms with van der Waals surface area (Å²) in [5, 5.41) is 6.60. The summed E-state index contributed by atoms with van der Waals surface area (Å²) in [7, 11) is 0. The lowest BCUT2D eigenvalue weighted by atomic mass is 10.0. The molecule has 2 heterocycles. The Morgan fingerprint density at radius 2 is 1.88 bits per heavy atom. The third-order valence-electron chi connectivity index (χ3n) is 5.11. The smallest absolute Gasteiger partial charge is 0.244 e. The SMILES string of the molecule is CCNC(=NCC(=O)N1CCCC1)NCCCCN1CCCC(C)C1.I. The van der Waals surface area contributed by atoms with Crippen molar-refractivity contribution in [3.63, 3.8) is 0 Å². The van der Waals surface area contributed by atoms with Crippen LogP contribution >= 0.6 is 24.0 Å². The normalized spacial score (nSPS) is 21.4. The molecule has 1 amide bonds. The van der Waals surface area contributed by atoms with Crippen LogP contribution in [0, 0.1) is 5.92 Å². The number of aliphatic imine (C=N–C) groups is 1. The zero-order chi connectivity index (χ0) is 17.9. The van der Waals surface area contributed by atoms with Gasteiger partial charge in [-0.1, -0.05) is 6.92 Å². The predicted molar refractivity (Wildman–Crippen MR) is 119 cm³/mol. The first-order valence-corrected chi connectivity index (χ1v) is 10.2. The van der Waals surface area contributed by atoms with Crippen LogP contribution < -0.4 is 10.6 Å². The second-order valence-corrected chi connectivity index (χ2v) is 7.46. The van der Waals surface area contributed by atoms with Crippen molar-refractivity contribution in [2.45, 2.75) is 52.4 Å². The highest BCUT2D eigenvalue weighted by atomic mass is 127. The van der Waals surface area contributed by atoms with E-state index in [-0.39, 0.29) is 36.4 Å². The maximum absolute atomic E-state index is 12.1. The van der Waals surface area contributed by atoms with Crippen molar-refractivity contribution in [2.75, 3.05) is 52.4 Å². The first-order valence-electron chi connectivity index (χ1n) is 10.2. The Morgan fingerprint density at radius 1 is 1.12 bits per heavy atom. The second kappa shape index (κ2) is 13.6. The molecule has 0 aromatic carbocycles. The molecule has 0 spiro atoms. The lowest BCUT2D eigenvalue weighted by molar-refractivity contribution is -0.128. The zero-order valence-corrected chi connectivity index (χ0v) is 19.0. The molecule has 2 N–H and O–H groups in total. The summed E-state index contributed by atoms with van der Waals surface area (Å²) in [4.78, 5) is 21.1. The number of piperidine rings is 1. The number of carbonyl (C=O) groups is 1. The molecular weight excluding hydrogens is 441 g/mol. The fraction of sp³-hybridized carbons (Fsp3) is 0.895. The van der Waals surface area contributed by atoms with E-state index in [9.17, 15) is 4.79 Å². The standard InChI is InChI=1S/C19H37N5O.HI/c1-3-20-19(22-15-18(25)24-13-6-7-14-24)21-10-4-5-11-23-12-8-9-17(2)16-23;/h17H,3-16H2,1-2H3,(H2,20,21,22);1H. The van der Waals surface area contributed by atoms with Crippen LogP contribution in [0.15, 0.2) is 4.99 Å². The second-order valence-electron chi connectivity index (χ2n) is 7.46. The van der Waals surface area contributed by atoms with Crippen LogP contribution in [-0.4, -0.2) is 74.0 Å². The van der Waals surface area contributed by atoms with E-state index in [1.807, 2.05) is 4.90 Å². The van der Waals surface area contributed by atoms with E-state index in [0.29, 0.717) is 0 Å². The Balaban J connectivity index is 0.00000338. The summed E-state index contributed by atoms with van der Waals surface area (Å²) in [6, 6.07) is 0. The number of likely N-dealkylation sites (tertiary alicyclic amines) is 2. The molecule has 1 atom stereocenters. The Labute approximate surface area is 176 Å². The molecule has 152 valence electrons. The maximum atomic E-state index is 12.1. The van der Waals surface area contributed by atoms with Gasteiger partial charge in [0.15, 0.2) is 5.96 Å². The fourth-order valence-corrected chi connectivity index (χ4v) is 3.71. The number of guanidine groups is 1. The van der Waals surface area contributed by atoms with E-state index < -0.39 is 0 Å². The number of unbranched alkanes of at least 4 members (excludes halogenated alkanes) is 1. The molecule has 2 aliphatic rings. The van der Waals surface area contributed by atoms with Crippen molar-refractivity contribution in [3.8, 4) is 0 Å². The van der Waals surface area contributed by atoms with Crippen LogP contribution in [0.1, 0.15) is 52.4 Å². The van der Waals surface area contributed by atoms with Crippen molar-refractivity contribution in [1.82, 2.24) is 20.4 Å². The van der Waals surface area contributed by atoms with Crippen LogP contribution in [0.2, 0.25) is 0 Å². The molecule has 0 radical (unpaired) electrons. The summed E-state index contributed by atoms with van der Waals surface area (Å²) in [6.07, 6.45) is 7.34. The van der Waals surface area contributed by atoms with Gasteiger partial charge in [0, 0.05) is 32.7 Å². The minimum Gasteiger partial charge on any atom is -0.357 e. The highest BCUT2D eigenvalue weighted by molar-refractivity contribution is 14.0. The van der Waals surface area contributed by atoms with Crippen molar-refractivity contribution >= 4 is 35.8 Å². The van der Waals surface area contributed by atoms with E-state index in [1.165, 1.54) is 38.9 Å². The molecule has 0 bridgehead atoms. The number of nitrogens with one attached hydrogen (secondary N) is 2. The lowest BCUT2D eigenvalue weighted by Crippen LogP contribution is -2.39. The Bertz CT molecular complexity index is 426.